The highest BCUT2D eigenvalue weighted by molar-refractivity contribution is 7.18. The Morgan fingerprint density at radius 3 is 2.48 bits per heavy atom. The number of carbonyl (C=O) groups excluding carboxylic acids is 3. The van der Waals surface area contributed by atoms with Crippen LogP contribution in [0.3, 0.4) is 0 Å². The van der Waals surface area contributed by atoms with E-state index < -0.39 is 11.9 Å². The summed E-state index contributed by atoms with van der Waals surface area (Å²) in [5, 5.41) is 3.71. The van der Waals surface area contributed by atoms with Gasteiger partial charge >= 0.3 is 11.9 Å². The van der Waals surface area contributed by atoms with Crippen molar-refractivity contribution >= 4 is 45.2 Å². The molecule has 0 aliphatic heterocycles. The Labute approximate surface area is 170 Å². The molecule has 1 aromatic carbocycles. The van der Waals surface area contributed by atoms with E-state index in [9.17, 15) is 14.4 Å². The molecule has 152 valence electrons. The van der Waals surface area contributed by atoms with E-state index in [1.807, 2.05) is 6.07 Å². The normalized spacial score (nSPS) is 10.6. The SMILES string of the molecule is COC(=O)c1sc(NC(=O)Cc2coc3cc(OC)ccc23)c(C(=O)OC)c1C. The lowest BCUT2D eigenvalue weighted by molar-refractivity contribution is -0.115. The highest BCUT2D eigenvalue weighted by Gasteiger charge is 2.27. The average Bonchev–Trinajstić information content (AvgIpc) is 3.26. The van der Waals surface area contributed by atoms with Crippen LogP contribution in [0.5, 0.6) is 5.75 Å². The summed E-state index contributed by atoms with van der Waals surface area (Å²) in [4.78, 5) is 37.0. The van der Waals surface area contributed by atoms with Crippen LogP contribution in [0.25, 0.3) is 11.0 Å². The molecule has 0 unspecified atom stereocenters. The number of benzene rings is 1. The van der Waals surface area contributed by atoms with Gasteiger partial charge in [0.1, 0.15) is 21.2 Å². The molecule has 1 N–H and O–H groups in total. The fourth-order valence-corrected chi connectivity index (χ4v) is 4.04. The lowest BCUT2D eigenvalue weighted by Gasteiger charge is -2.06. The number of fused-ring (bicyclic) bond motifs is 1. The van der Waals surface area contributed by atoms with Gasteiger partial charge in [-0.15, -0.1) is 11.3 Å². The van der Waals surface area contributed by atoms with Crippen LogP contribution in [0.4, 0.5) is 5.00 Å². The largest absolute Gasteiger partial charge is 0.497 e. The van der Waals surface area contributed by atoms with Gasteiger partial charge in [0.25, 0.3) is 0 Å². The number of nitrogens with one attached hydrogen (secondary N) is 1. The summed E-state index contributed by atoms with van der Waals surface area (Å²) in [6.07, 6.45) is 1.52. The third kappa shape index (κ3) is 3.95. The number of hydrogen-bond donors (Lipinski definition) is 1. The quantitative estimate of drug-likeness (QED) is 0.612. The Kier molecular flexibility index (Phi) is 5.88. The van der Waals surface area contributed by atoms with Gasteiger partial charge in [0, 0.05) is 17.0 Å². The van der Waals surface area contributed by atoms with E-state index in [4.69, 9.17) is 18.6 Å². The summed E-state index contributed by atoms with van der Waals surface area (Å²) in [6.45, 7) is 1.60. The van der Waals surface area contributed by atoms with Crippen LogP contribution in [0.2, 0.25) is 0 Å². The number of furan rings is 1. The van der Waals surface area contributed by atoms with E-state index in [0.29, 0.717) is 22.5 Å². The standard InChI is InChI=1S/C20H19NO7S/c1-10-16(19(23)26-3)18(29-17(10)20(24)27-4)21-15(22)7-11-9-28-14-8-12(25-2)5-6-13(11)14/h5-6,8-9H,7H2,1-4H3,(H,21,22). The fourth-order valence-electron chi connectivity index (χ4n) is 2.91. The van der Waals surface area contributed by atoms with Crippen LogP contribution in [0.15, 0.2) is 28.9 Å². The molecule has 0 atom stereocenters. The van der Waals surface area contributed by atoms with Crippen LogP contribution in [0.1, 0.15) is 31.2 Å². The number of carbonyl (C=O) groups is 3. The maximum atomic E-state index is 12.6. The van der Waals surface area contributed by atoms with Crippen molar-refractivity contribution in [3.8, 4) is 5.75 Å². The van der Waals surface area contributed by atoms with Gasteiger partial charge in [-0.3, -0.25) is 4.79 Å². The summed E-state index contributed by atoms with van der Waals surface area (Å²) < 4.78 is 20.2. The van der Waals surface area contributed by atoms with Gasteiger partial charge in [0.05, 0.1) is 39.6 Å². The number of amides is 1. The average molecular weight is 417 g/mol. The van der Waals surface area contributed by atoms with Crippen molar-refractivity contribution in [2.24, 2.45) is 0 Å². The molecule has 2 heterocycles. The number of rotatable bonds is 6. The summed E-state index contributed by atoms with van der Waals surface area (Å²) in [7, 11) is 4.04. The summed E-state index contributed by atoms with van der Waals surface area (Å²) in [5.41, 5.74) is 1.81. The minimum Gasteiger partial charge on any atom is -0.497 e. The van der Waals surface area contributed by atoms with Crippen molar-refractivity contribution in [3.05, 3.63) is 46.0 Å². The van der Waals surface area contributed by atoms with Crippen molar-refractivity contribution < 1.29 is 33.0 Å². The van der Waals surface area contributed by atoms with E-state index >= 15 is 0 Å². The fraction of sp³-hybridized carbons (Fsp3) is 0.250. The lowest BCUT2D eigenvalue weighted by Crippen LogP contribution is -2.16. The van der Waals surface area contributed by atoms with Gasteiger partial charge in [0.2, 0.25) is 5.91 Å². The predicted molar refractivity (Wildman–Crippen MR) is 107 cm³/mol. The third-order valence-corrected chi connectivity index (χ3v) is 5.56. The van der Waals surface area contributed by atoms with Crippen LogP contribution in [-0.4, -0.2) is 39.2 Å². The molecule has 0 aliphatic carbocycles. The molecule has 1 amide bonds. The number of ether oxygens (including phenoxy) is 3. The van der Waals surface area contributed by atoms with Crippen molar-refractivity contribution in [3.63, 3.8) is 0 Å². The van der Waals surface area contributed by atoms with Crippen molar-refractivity contribution in [1.82, 2.24) is 0 Å². The first-order valence-electron chi connectivity index (χ1n) is 8.53. The molecule has 3 aromatic rings. The summed E-state index contributed by atoms with van der Waals surface area (Å²) in [5.74, 6) is -0.959. The first-order chi connectivity index (χ1) is 13.9. The topological polar surface area (TPSA) is 104 Å². The second-order valence-corrected chi connectivity index (χ2v) is 7.11. The zero-order chi connectivity index (χ0) is 21.1. The molecule has 0 bridgehead atoms. The molecule has 0 radical (unpaired) electrons. The number of esters is 2. The molecule has 0 saturated heterocycles. The number of hydrogen-bond acceptors (Lipinski definition) is 8. The van der Waals surface area contributed by atoms with Crippen molar-refractivity contribution in [1.29, 1.82) is 0 Å². The zero-order valence-electron chi connectivity index (χ0n) is 16.3. The van der Waals surface area contributed by atoms with Gasteiger partial charge in [-0.05, 0) is 24.6 Å². The first kappa shape index (κ1) is 20.4. The Morgan fingerprint density at radius 1 is 1.10 bits per heavy atom. The van der Waals surface area contributed by atoms with Gasteiger partial charge in [0.15, 0.2) is 0 Å². The Morgan fingerprint density at radius 2 is 1.83 bits per heavy atom. The smallest absolute Gasteiger partial charge is 0.348 e. The Hall–Kier alpha value is -3.33. The molecule has 29 heavy (non-hydrogen) atoms. The molecule has 0 saturated carbocycles. The number of thiophene rings is 1. The zero-order valence-corrected chi connectivity index (χ0v) is 17.1. The summed E-state index contributed by atoms with van der Waals surface area (Å²) >= 11 is 0.965. The minimum atomic E-state index is -0.648. The highest BCUT2D eigenvalue weighted by atomic mass is 32.1. The molecule has 9 heteroatoms. The Balaban J connectivity index is 1.87. The van der Waals surface area contributed by atoms with Crippen LogP contribution >= 0.6 is 11.3 Å². The van der Waals surface area contributed by atoms with Crippen molar-refractivity contribution in [2.45, 2.75) is 13.3 Å². The van der Waals surface area contributed by atoms with Crippen LogP contribution in [-0.2, 0) is 20.7 Å². The molecular weight excluding hydrogens is 398 g/mol. The monoisotopic (exact) mass is 417 g/mol. The molecule has 0 aliphatic rings. The predicted octanol–water partition coefficient (Wildman–Crippen LogP) is 3.57. The molecule has 0 fully saturated rings. The van der Waals surface area contributed by atoms with Crippen LogP contribution < -0.4 is 10.1 Å². The van der Waals surface area contributed by atoms with Gasteiger partial charge < -0.3 is 23.9 Å². The summed E-state index contributed by atoms with van der Waals surface area (Å²) in [6, 6.07) is 5.32. The van der Waals surface area contributed by atoms with E-state index in [0.717, 1.165) is 16.7 Å². The second kappa shape index (κ2) is 8.36. The van der Waals surface area contributed by atoms with E-state index in [2.05, 4.69) is 5.32 Å². The van der Waals surface area contributed by atoms with Gasteiger partial charge in [-0.1, -0.05) is 0 Å². The first-order valence-corrected chi connectivity index (χ1v) is 9.35. The highest BCUT2D eigenvalue weighted by Crippen LogP contribution is 2.34. The minimum absolute atomic E-state index is 0.0183. The van der Waals surface area contributed by atoms with E-state index in [-0.39, 0.29) is 27.8 Å². The van der Waals surface area contributed by atoms with Gasteiger partial charge in [-0.2, -0.15) is 0 Å². The van der Waals surface area contributed by atoms with Crippen molar-refractivity contribution in [2.75, 3.05) is 26.6 Å². The molecule has 0 spiro atoms. The number of anilines is 1. The number of methoxy groups -OCH3 is 3. The Bertz CT molecular complexity index is 1100. The third-order valence-electron chi connectivity index (χ3n) is 4.37. The molecular formula is C20H19NO7S. The lowest BCUT2D eigenvalue weighted by atomic mass is 10.1. The molecule has 3 rings (SSSR count). The van der Waals surface area contributed by atoms with Crippen LogP contribution in [0, 0.1) is 6.92 Å². The maximum Gasteiger partial charge on any atom is 0.348 e. The second-order valence-electron chi connectivity index (χ2n) is 6.09. The van der Waals surface area contributed by atoms with E-state index in [1.165, 1.54) is 20.5 Å². The van der Waals surface area contributed by atoms with E-state index in [1.54, 1.807) is 26.2 Å². The molecule has 8 nitrogen and oxygen atoms in total. The maximum absolute atomic E-state index is 12.6. The van der Waals surface area contributed by atoms with Gasteiger partial charge in [-0.25, -0.2) is 9.59 Å². The molecule has 2 aromatic heterocycles.